The summed E-state index contributed by atoms with van der Waals surface area (Å²) in [5.74, 6) is -0.821. The van der Waals surface area contributed by atoms with Crippen molar-refractivity contribution in [1.29, 1.82) is 0 Å². The normalized spacial score (nSPS) is 19.2. The Morgan fingerprint density at radius 2 is 1.96 bits per heavy atom. The Morgan fingerprint density at radius 3 is 2.57 bits per heavy atom. The van der Waals surface area contributed by atoms with Crippen LogP contribution in [0.2, 0.25) is 0 Å². The van der Waals surface area contributed by atoms with Gasteiger partial charge in [0.15, 0.2) is 0 Å². The SMILES string of the molecule is NC(=O)c1ccc(N[C@@H]2C[C@H]2c2ccc(F)cc2)c([N+](=O)[O-])c1. The van der Waals surface area contributed by atoms with Crippen molar-refractivity contribution in [2.24, 2.45) is 5.73 Å². The number of nitro benzene ring substituents is 1. The fraction of sp³-hybridized carbons (Fsp3) is 0.188. The van der Waals surface area contributed by atoms with Gasteiger partial charge in [0.1, 0.15) is 11.5 Å². The van der Waals surface area contributed by atoms with E-state index in [1.54, 1.807) is 12.1 Å². The standard InChI is InChI=1S/C16H14FN3O3/c17-11-4-1-9(2-5-11)12-8-14(12)19-13-6-3-10(16(18)21)7-15(13)20(22)23/h1-7,12,14,19H,8H2,(H2,18,21)/t12-,14+/m0/s1. The van der Waals surface area contributed by atoms with Crippen LogP contribution in [0.5, 0.6) is 0 Å². The molecule has 3 N–H and O–H groups in total. The van der Waals surface area contributed by atoms with Gasteiger partial charge in [-0.05, 0) is 36.2 Å². The number of hydrogen-bond acceptors (Lipinski definition) is 4. The number of carbonyl (C=O) groups excluding carboxylic acids is 1. The van der Waals surface area contributed by atoms with Crippen LogP contribution < -0.4 is 11.1 Å². The average molecular weight is 315 g/mol. The van der Waals surface area contributed by atoms with Crippen LogP contribution in [-0.2, 0) is 0 Å². The van der Waals surface area contributed by atoms with Gasteiger partial charge in [-0.1, -0.05) is 12.1 Å². The van der Waals surface area contributed by atoms with Crippen LogP contribution >= 0.6 is 0 Å². The highest BCUT2D eigenvalue weighted by Gasteiger charge is 2.39. The van der Waals surface area contributed by atoms with E-state index in [1.807, 2.05) is 0 Å². The summed E-state index contributed by atoms with van der Waals surface area (Å²) in [6, 6.07) is 10.4. The Kier molecular flexibility index (Phi) is 3.69. The first-order chi connectivity index (χ1) is 11.0. The lowest BCUT2D eigenvalue weighted by Gasteiger charge is -2.08. The second kappa shape index (κ2) is 5.68. The molecular formula is C16H14FN3O3. The Bertz CT molecular complexity index is 777. The van der Waals surface area contributed by atoms with E-state index in [2.05, 4.69) is 5.32 Å². The Labute approximate surface area is 131 Å². The number of nitrogens with zero attached hydrogens (tertiary/aromatic N) is 1. The second-order valence-electron chi connectivity index (χ2n) is 5.50. The summed E-state index contributed by atoms with van der Waals surface area (Å²) in [4.78, 5) is 21.7. The molecule has 0 unspecified atom stereocenters. The summed E-state index contributed by atoms with van der Waals surface area (Å²) >= 11 is 0. The third-order valence-electron chi connectivity index (χ3n) is 3.91. The fourth-order valence-corrected chi connectivity index (χ4v) is 2.59. The van der Waals surface area contributed by atoms with Crippen LogP contribution in [-0.4, -0.2) is 16.9 Å². The highest BCUT2D eigenvalue weighted by atomic mass is 19.1. The number of rotatable bonds is 5. The van der Waals surface area contributed by atoms with Crippen LogP contribution in [0, 0.1) is 15.9 Å². The Morgan fingerprint density at radius 1 is 1.26 bits per heavy atom. The van der Waals surface area contributed by atoms with Crippen molar-refractivity contribution in [1.82, 2.24) is 0 Å². The highest BCUT2D eigenvalue weighted by molar-refractivity contribution is 5.94. The fourth-order valence-electron chi connectivity index (χ4n) is 2.59. The lowest BCUT2D eigenvalue weighted by Crippen LogP contribution is -2.12. The lowest BCUT2D eigenvalue weighted by molar-refractivity contribution is -0.384. The van der Waals surface area contributed by atoms with Gasteiger partial charge < -0.3 is 11.1 Å². The summed E-state index contributed by atoms with van der Waals surface area (Å²) in [6.07, 6.45) is 0.806. The first kappa shape index (κ1) is 15.0. The average Bonchev–Trinajstić information content (AvgIpc) is 3.27. The van der Waals surface area contributed by atoms with Crippen molar-refractivity contribution in [3.8, 4) is 0 Å². The Balaban J connectivity index is 1.77. The molecule has 0 heterocycles. The summed E-state index contributed by atoms with van der Waals surface area (Å²) in [5.41, 5.74) is 6.37. The van der Waals surface area contributed by atoms with Gasteiger partial charge in [0.25, 0.3) is 5.69 Å². The van der Waals surface area contributed by atoms with Gasteiger partial charge in [0, 0.05) is 23.6 Å². The molecule has 7 heteroatoms. The van der Waals surface area contributed by atoms with Crippen LogP contribution in [0.3, 0.4) is 0 Å². The summed E-state index contributed by atoms with van der Waals surface area (Å²) < 4.78 is 12.9. The molecule has 0 aromatic heterocycles. The first-order valence-electron chi connectivity index (χ1n) is 7.06. The van der Waals surface area contributed by atoms with E-state index in [0.717, 1.165) is 12.0 Å². The van der Waals surface area contributed by atoms with Gasteiger partial charge in [0.05, 0.1) is 4.92 Å². The van der Waals surface area contributed by atoms with Gasteiger partial charge in [-0.3, -0.25) is 14.9 Å². The number of halogens is 1. The van der Waals surface area contributed by atoms with Gasteiger partial charge >= 0.3 is 0 Å². The molecule has 0 saturated heterocycles. The van der Waals surface area contributed by atoms with Crippen molar-refractivity contribution in [2.75, 3.05) is 5.32 Å². The van der Waals surface area contributed by atoms with E-state index in [4.69, 9.17) is 5.73 Å². The van der Waals surface area contributed by atoms with Crippen LogP contribution in [0.4, 0.5) is 15.8 Å². The molecular weight excluding hydrogens is 301 g/mol. The largest absolute Gasteiger partial charge is 0.376 e. The molecule has 1 aliphatic rings. The molecule has 1 saturated carbocycles. The molecule has 1 amide bonds. The van der Waals surface area contributed by atoms with E-state index in [1.165, 1.54) is 30.3 Å². The molecule has 3 rings (SSSR count). The molecule has 2 aromatic carbocycles. The molecule has 1 aliphatic carbocycles. The maximum atomic E-state index is 12.9. The minimum absolute atomic E-state index is 0.0404. The number of benzene rings is 2. The number of anilines is 1. The monoisotopic (exact) mass is 315 g/mol. The minimum atomic E-state index is -0.713. The molecule has 118 valence electrons. The molecule has 6 nitrogen and oxygen atoms in total. The smallest absolute Gasteiger partial charge is 0.293 e. The maximum absolute atomic E-state index is 12.9. The molecule has 2 aromatic rings. The van der Waals surface area contributed by atoms with E-state index >= 15 is 0 Å². The third kappa shape index (κ3) is 3.13. The van der Waals surface area contributed by atoms with Crippen LogP contribution in [0.1, 0.15) is 28.3 Å². The molecule has 0 spiro atoms. The maximum Gasteiger partial charge on any atom is 0.293 e. The number of primary amides is 1. The zero-order chi connectivity index (χ0) is 16.6. The first-order valence-corrected chi connectivity index (χ1v) is 7.06. The predicted octanol–water partition coefficient (Wildman–Crippen LogP) is 2.80. The van der Waals surface area contributed by atoms with E-state index in [9.17, 15) is 19.3 Å². The number of nitrogens with one attached hydrogen (secondary N) is 1. The number of nitro groups is 1. The zero-order valence-electron chi connectivity index (χ0n) is 12.0. The predicted molar refractivity (Wildman–Crippen MR) is 82.8 cm³/mol. The third-order valence-corrected chi connectivity index (χ3v) is 3.91. The van der Waals surface area contributed by atoms with Gasteiger partial charge in [0.2, 0.25) is 5.91 Å². The van der Waals surface area contributed by atoms with Crippen molar-refractivity contribution < 1.29 is 14.1 Å². The highest BCUT2D eigenvalue weighted by Crippen LogP contribution is 2.44. The molecule has 2 atom stereocenters. The van der Waals surface area contributed by atoms with Crippen LogP contribution in [0.15, 0.2) is 42.5 Å². The topological polar surface area (TPSA) is 98.3 Å². The number of carbonyl (C=O) groups is 1. The second-order valence-corrected chi connectivity index (χ2v) is 5.50. The van der Waals surface area contributed by atoms with Gasteiger partial charge in [-0.25, -0.2) is 4.39 Å². The minimum Gasteiger partial charge on any atom is -0.376 e. The molecule has 0 aliphatic heterocycles. The number of hydrogen-bond donors (Lipinski definition) is 2. The molecule has 1 fully saturated rings. The van der Waals surface area contributed by atoms with E-state index in [-0.39, 0.29) is 29.0 Å². The Hall–Kier alpha value is -2.96. The van der Waals surface area contributed by atoms with Crippen LogP contribution in [0.25, 0.3) is 0 Å². The number of amides is 1. The van der Waals surface area contributed by atoms with E-state index in [0.29, 0.717) is 5.69 Å². The number of nitrogens with two attached hydrogens (primary N) is 1. The van der Waals surface area contributed by atoms with Gasteiger partial charge in [-0.2, -0.15) is 0 Å². The molecule has 0 radical (unpaired) electrons. The van der Waals surface area contributed by atoms with Crippen molar-refractivity contribution >= 4 is 17.3 Å². The molecule has 0 bridgehead atoms. The summed E-state index contributed by atoms with van der Waals surface area (Å²) in [6.45, 7) is 0. The van der Waals surface area contributed by atoms with Crippen molar-refractivity contribution in [3.05, 3.63) is 69.5 Å². The van der Waals surface area contributed by atoms with Crippen molar-refractivity contribution in [3.63, 3.8) is 0 Å². The van der Waals surface area contributed by atoms with Crippen molar-refractivity contribution in [2.45, 2.75) is 18.4 Å². The van der Waals surface area contributed by atoms with E-state index < -0.39 is 10.8 Å². The lowest BCUT2D eigenvalue weighted by atomic mass is 10.1. The summed E-state index contributed by atoms with van der Waals surface area (Å²) in [7, 11) is 0. The zero-order valence-corrected chi connectivity index (χ0v) is 12.0. The quantitative estimate of drug-likeness (QED) is 0.654. The summed E-state index contributed by atoms with van der Waals surface area (Å²) in [5, 5.41) is 14.3. The molecule has 23 heavy (non-hydrogen) atoms. The van der Waals surface area contributed by atoms with Gasteiger partial charge in [-0.15, -0.1) is 0 Å².